The fraction of sp³-hybridized carbons (Fsp3) is 0.615. The van der Waals surface area contributed by atoms with Gasteiger partial charge in [0.25, 0.3) is 0 Å². The van der Waals surface area contributed by atoms with E-state index < -0.39 is 11.7 Å². The van der Waals surface area contributed by atoms with E-state index in [-0.39, 0.29) is 17.5 Å². The first kappa shape index (κ1) is 18.3. The maximum Gasteiger partial charge on any atom is 0.407 e. The molecule has 21 heavy (non-hydrogen) atoms. The third-order valence-electron chi connectivity index (χ3n) is 2.50. The summed E-state index contributed by atoms with van der Waals surface area (Å²) in [6, 6.07) is 0. The van der Waals surface area contributed by atoms with E-state index >= 15 is 0 Å². The molecule has 0 saturated heterocycles. The molecule has 1 rings (SSSR count). The Hall–Kier alpha value is -0.790. The summed E-state index contributed by atoms with van der Waals surface area (Å²) < 4.78 is 5.15. The molecular formula is C13H19ClN2O3S2. The highest BCUT2D eigenvalue weighted by atomic mass is 35.5. The first-order chi connectivity index (χ1) is 9.69. The Kier molecular flexibility index (Phi) is 6.96. The molecule has 0 bridgehead atoms. The van der Waals surface area contributed by atoms with Crippen LogP contribution in [0.25, 0.3) is 0 Å². The van der Waals surface area contributed by atoms with Crippen LogP contribution in [0.3, 0.4) is 0 Å². The minimum Gasteiger partial charge on any atom is -0.444 e. The molecule has 1 amide bonds. The highest BCUT2D eigenvalue weighted by Crippen LogP contribution is 2.32. The summed E-state index contributed by atoms with van der Waals surface area (Å²) in [4.78, 5) is 27.6. The summed E-state index contributed by atoms with van der Waals surface area (Å²) in [7, 11) is 0. The first-order valence-corrected chi connectivity index (χ1v) is 8.17. The smallest absolute Gasteiger partial charge is 0.407 e. The van der Waals surface area contributed by atoms with Crippen molar-refractivity contribution in [2.75, 3.05) is 6.54 Å². The number of rotatable bonds is 6. The second-order valence-corrected chi connectivity index (χ2v) is 7.26. The van der Waals surface area contributed by atoms with E-state index in [1.807, 2.05) is 0 Å². The Morgan fingerprint density at radius 1 is 1.52 bits per heavy atom. The molecule has 0 saturated carbocycles. The molecule has 0 fully saturated rings. The van der Waals surface area contributed by atoms with Gasteiger partial charge in [0.1, 0.15) is 10.8 Å². The average Bonchev–Trinajstić information content (AvgIpc) is 2.71. The van der Waals surface area contributed by atoms with Gasteiger partial charge in [-0.15, -0.1) is 24.0 Å². The Morgan fingerprint density at radius 2 is 2.19 bits per heavy atom. The van der Waals surface area contributed by atoms with E-state index in [1.54, 1.807) is 26.3 Å². The van der Waals surface area contributed by atoms with Crippen molar-refractivity contribution in [3.05, 3.63) is 15.5 Å². The molecule has 0 aliphatic heterocycles. The SMILES string of the molecule is CC(C)(C)OC(=O)NCCC(CC(=O)S)c1scnc1Cl. The van der Waals surface area contributed by atoms with E-state index in [0.717, 1.165) is 4.88 Å². The summed E-state index contributed by atoms with van der Waals surface area (Å²) in [5, 5.41) is 2.85. The molecule has 0 radical (unpaired) electrons. The van der Waals surface area contributed by atoms with Gasteiger partial charge >= 0.3 is 6.09 Å². The third-order valence-corrected chi connectivity index (χ3v) is 4.09. The number of ether oxygens (including phenoxy) is 1. The van der Waals surface area contributed by atoms with Gasteiger partial charge in [-0.3, -0.25) is 4.79 Å². The minimum absolute atomic E-state index is 0.107. The summed E-state index contributed by atoms with van der Waals surface area (Å²) >= 11 is 11.2. The van der Waals surface area contributed by atoms with Crippen molar-refractivity contribution >= 4 is 46.8 Å². The summed E-state index contributed by atoms with van der Waals surface area (Å²) in [5.41, 5.74) is 1.10. The van der Waals surface area contributed by atoms with E-state index in [2.05, 4.69) is 22.9 Å². The van der Waals surface area contributed by atoms with E-state index in [4.69, 9.17) is 16.3 Å². The van der Waals surface area contributed by atoms with Crippen LogP contribution in [-0.4, -0.2) is 28.3 Å². The van der Waals surface area contributed by atoms with Crippen molar-refractivity contribution in [3.63, 3.8) is 0 Å². The molecule has 1 N–H and O–H groups in total. The van der Waals surface area contributed by atoms with E-state index in [0.29, 0.717) is 18.1 Å². The van der Waals surface area contributed by atoms with Gasteiger partial charge in [-0.1, -0.05) is 11.6 Å². The maximum atomic E-state index is 11.6. The number of amides is 1. The van der Waals surface area contributed by atoms with Crippen LogP contribution in [-0.2, 0) is 9.53 Å². The number of carbonyl (C=O) groups is 2. The lowest BCUT2D eigenvalue weighted by Crippen LogP contribution is -2.33. The number of carbonyl (C=O) groups excluding carboxylic acids is 2. The van der Waals surface area contributed by atoms with Gasteiger partial charge in [0.2, 0.25) is 0 Å². The number of nitrogens with one attached hydrogen (secondary N) is 1. The molecule has 0 spiro atoms. The third kappa shape index (κ3) is 7.15. The highest BCUT2D eigenvalue weighted by molar-refractivity contribution is 7.96. The van der Waals surface area contributed by atoms with Crippen LogP contribution in [0, 0.1) is 0 Å². The summed E-state index contributed by atoms with van der Waals surface area (Å²) in [5.74, 6) is -0.107. The van der Waals surface area contributed by atoms with E-state index in [1.165, 1.54) is 11.3 Å². The molecule has 1 heterocycles. The van der Waals surface area contributed by atoms with Crippen LogP contribution in [0.5, 0.6) is 0 Å². The number of aromatic nitrogens is 1. The van der Waals surface area contributed by atoms with Gasteiger partial charge in [-0.05, 0) is 27.2 Å². The van der Waals surface area contributed by atoms with Crippen molar-refractivity contribution in [1.82, 2.24) is 10.3 Å². The average molecular weight is 351 g/mol. The maximum absolute atomic E-state index is 11.6. The number of hydrogen-bond acceptors (Lipinski definition) is 5. The van der Waals surface area contributed by atoms with Gasteiger partial charge in [0.15, 0.2) is 5.12 Å². The molecule has 0 aromatic carbocycles. The Bertz CT molecular complexity index is 500. The molecular weight excluding hydrogens is 332 g/mol. The fourth-order valence-corrected chi connectivity index (χ4v) is 3.14. The van der Waals surface area contributed by atoms with Gasteiger partial charge in [0.05, 0.1) is 5.51 Å². The van der Waals surface area contributed by atoms with Crippen LogP contribution in [0.15, 0.2) is 5.51 Å². The van der Waals surface area contributed by atoms with Crippen molar-refractivity contribution < 1.29 is 14.3 Å². The predicted octanol–water partition coefficient (Wildman–Crippen LogP) is 3.64. The molecule has 1 aromatic rings. The molecule has 0 aliphatic carbocycles. The topological polar surface area (TPSA) is 68.3 Å². The van der Waals surface area contributed by atoms with Crippen molar-refractivity contribution in [1.29, 1.82) is 0 Å². The summed E-state index contributed by atoms with van der Waals surface area (Å²) in [6.45, 7) is 5.78. The zero-order chi connectivity index (χ0) is 16.0. The lowest BCUT2D eigenvalue weighted by molar-refractivity contribution is -0.111. The van der Waals surface area contributed by atoms with Crippen molar-refractivity contribution in [2.24, 2.45) is 0 Å². The summed E-state index contributed by atoms with van der Waals surface area (Å²) in [6.07, 6.45) is 0.336. The molecule has 118 valence electrons. The lowest BCUT2D eigenvalue weighted by Gasteiger charge is -2.20. The van der Waals surface area contributed by atoms with Crippen LogP contribution in [0.2, 0.25) is 5.15 Å². The molecule has 1 atom stereocenters. The second-order valence-electron chi connectivity index (χ2n) is 5.52. The number of hydrogen-bond donors (Lipinski definition) is 2. The molecule has 1 unspecified atom stereocenters. The van der Waals surface area contributed by atoms with Crippen LogP contribution >= 0.6 is 35.6 Å². The predicted molar refractivity (Wildman–Crippen MR) is 87.3 cm³/mol. The number of halogens is 1. The number of nitrogens with zero attached hydrogens (tertiary/aromatic N) is 1. The Morgan fingerprint density at radius 3 is 2.67 bits per heavy atom. The van der Waals surface area contributed by atoms with Gasteiger partial charge in [-0.2, -0.15) is 0 Å². The normalized spacial score (nSPS) is 12.8. The second kappa shape index (κ2) is 8.00. The Labute approximate surface area is 138 Å². The van der Waals surface area contributed by atoms with Crippen molar-refractivity contribution in [3.8, 4) is 0 Å². The van der Waals surface area contributed by atoms with Crippen LogP contribution < -0.4 is 5.32 Å². The first-order valence-electron chi connectivity index (χ1n) is 6.46. The largest absolute Gasteiger partial charge is 0.444 e. The fourth-order valence-electron chi connectivity index (χ4n) is 1.71. The highest BCUT2D eigenvalue weighted by Gasteiger charge is 2.21. The zero-order valence-electron chi connectivity index (χ0n) is 12.2. The van der Waals surface area contributed by atoms with Gasteiger partial charge in [0, 0.05) is 23.8 Å². The minimum atomic E-state index is -0.536. The molecule has 0 aliphatic rings. The number of alkyl carbamates (subject to hydrolysis) is 1. The molecule has 1 aromatic heterocycles. The molecule has 5 nitrogen and oxygen atoms in total. The van der Waals surface area contributed by atoms with Gasteiger partial charge < -0.3 is 10.1 Å². The zero-order valence-corrected chi connectivity index (χ0v) is 14.6. The molecule has 8 heteroatoms. The quantitative estimate of drug-likeness (QED) is 0.768. The number of thiazole rings is 1. The van der Waals surface area contributed by atoms with E-state index in [9.17, 15) is 9.59 Å². The number of thiol groups is 1. The standard InChI is InChI=1S/C13H19ClN2O3S2/c1-13(2,3)19-12(18)15-5-4-8(6-9(17)20)10-11(14)16-7-21-10/h7-8H,4-6H2,1-3H3,(H,15,18)(H,17,20). The Balaban J connectivity index is 2.53. The van der Waals surface area contributed by atoms with Crippen LogP contribution in [0.1, 0.15) is 44.4 Å². The lowest BCUT2D eigenvalue weighted by atomic mass is 10.0. The van der Waals surface area contributed by atoms with Crippen LogP contribution in [0.4, 0.5) is 4.79 Å². The van der Waals surface area contributed by atoms with Gasteiger partial charge in [-0.25, -0.2) is 9.78 Å². The van der Waals surface area contributed by atoms with Crippen molar-refractivity contribution in [2.45, 2.75) is 45.1 Å². The monoisotopic (exact) mass is 350 g/mol.